The second-order valence-electron chi connectivity index (χ2n) is 9.21. The number of hydrogen-bond acceptors (Lipinski definition) is 7. The third-order valence-corrected chi connectivity index (χ3v) is 9.89. The van der Waals surface area contributed by atoms with E-state index in [-0.39, 0.29) is 30.0 Å². The molecule has 1 aromatic heterocycles. The summed E-state index contributed by atoms with van der Waals surface area (Å²) < 4.78 is 32.9. The minimum Gasteiger partial charge on any atom is -0.462 e. The van der Waals surface area contributed by atoms with Crippen LogP contribution in [0.15, 0.2) is 29.2 Å². The maximum absolute atomic E-state index is 13.1. The molecule has 36 heavy (non-hydrogen) atoms. The van der Waals surface area contributed by atoms with Crippen LogP contribution in [0.25, 0.3) is 0 Å². The van der Waals surface area contributed by atoms with Crippen molar-refractivity contribution in [3.8, 4) is 0 Å². The summed E-state index contributed by atoms with van der Waals surface area (Å²) in [5.74, 6) is -0.830. The van der Waals surface area contributed by atoms with Crippen molar-refractivity contribution >= 4 is 50.6 Å². The van der Waals surface area contributed by atoms with Gasteiger partial charge in [-0.2, -0.15) is 4.31 Å². The first-order chi connectivity index (χ1) is 16.7. The Balaban J connectivity index is 0.00000361. The van der Waals surface area contributed by atoms with Crippen molar-refractivity contribution in [1.82, 2.24) is 9.21 Å². The molecule has 1 amide bonds. The number of anilines is 1. The van der Waals surface area contributed by atoms with Crippen LogP contribution in [0.4, 0.5) is 5.00 Å². The quantitative estimate of drug-likeness (QED) is 0.504. The van der Waals surface area contributed by atoms with Gasteiger partial charge in [-0.25, -0.2) is 13.2 Å². The van der Waals surface area contributed by atoms with Crippen molar-refractivity contribution in [2.45, 2.75) is 62.9 Å². The van der Waals surface area contributed by atoms with E-state index in [2.05, 4.69) is 10.2 Å². The van der Waals surface area contributed by atoms with Crippen molar-refractivity contribution in [2.75, 3.05) is 32.6 Å². The van der Waals surface area contributed by atoms with E-state index in [1.165, 1.54) is 39.9 Å². The number of sulfonamides is 1. The van der Waals surface area contributed by atoms with E-state index in [9.17, 15) is 18.0 Å². The number of likely N-dealkylation sites (N-methyl/N-ethyl adjacent to an activating group) is 1. The molecule has 0 atom stereocenters. The SMILES string of the molecule is CCOC(=O)c1c(NC(=O)c2ccc(S(=O)(=O)N(C)C3CCCCC3)cc2)sc2c1CCN(C)C2.Cl. The molecule has 1 aliphatic carbocycles. The third kappa shape index (κ3) is 5.94. The van der Waals surface area contributed by atoms with Crippen LogP contribution in [0, 0.1) is 0 Å². The number of halogens is 1. The van der Waals surface area contributed by atoms with Gasteiger partial charge in [0, 0.05) is 36.6 Å². The fourth-order valence-corrected chi connectivity index (χ4v) is 7.53. The molecule has 1 N–H and O–H groups in total. The highest BCUT2D eigenvalue weighted by Crippen LogP contribution is 2.37. The maximum Gasteiger partial charge on any atom is 0.341 e. The van der Waals surface area contributed by atoms with E-state index in [1.807, 2.05) is 7.05 Å². The van der Waals surface area contributed by atoms with Gasteiger partial charge in [-0.3, -0.25) is 4.79 Å². The summed E-state index contributed by atoms with van der Waals surface area (Å²) in [6.45, 7) is 3.55. The largest absolute Gasteiger partial charge is 0.462 e. The predicted molar refractivity (Wildman–Crippen MR) is 144 cm³/mol. The van der Waals surface area contributed by atoms with Crippen LogP contribution in [-0.4, -0.2) is 62.8 Å². The number of ether oxygens (including phenoxy) is 1. The number of fused-ring (bicyclic) bond motifs is 1. The highest BCUT2D eigenvalue weighted by Gasteiger charge is 2.30. The fourth-order valence-electron chi connectivity index (χ4n) is 4.80. The van der Waals surface area contributed by atoms with Crippen LogP contribution < -0.4 is 5.32 Å². The molecule has 1 aromatic carbocycles. The minimum absolute atomic E-state index is 0. The zero-order chi connectivity index (χ0) is 25.2. The number of nitrogens with zero attached hydrogens (tertiary/aromatic N) is 2. The zero-order valence-corrected chi connectivity index (χ0v) is 23.4. The van der Waals surface area contributed by atoms with E-state index in [1.54, 1.807) is 14.0 Å². The highest BCUT2D eigenvalue weighted by molar-refractivity contribution is 7.89. The smallest absolute Gasteiger partial charge is 0.341 e. The molecular weight excluding hydrogens is 522 g/mol. The van der Waals surface area contributed by atoms with Crippen LogP contribution in [0.1, 0.15) is 70.2 Å². The summed E-state index contributed by atoms with van der Waals surface area (Å²) in [6.07, 6.45) is 5.70. The molecule has 0 radical (unpaired) electrons. The number of nitrogens with one attached hydrogen (secondary N) is 1. The van der Waals surface area contributed by atoms with Crippen molar-refractivity contribution in [3.05, 3.63) is 45.8 Å². The normalized spacial score (nSPS) is 16.8. The van der Waals surface area contributed by atoms with Crippen LogP contribution in [0.3, 0.4) is 0 Å². The molecule has 0 unspecified atom stereocenters. The van der Waals surface area contributed by atoms with E-state index in [0.717, 1.165) is 49.1 Å². The van der Waals surface area contributed by atoms with Gasteiger partial charge in [-0.1, -0.05) is 19.3 Å². The Morgan fingerprint density at radius 1 is 1.17 bits per heavy atom. The van der Waals surface area contributed by atoms with Gasteiger partial charge in [-0.15, -0.1) is 23.7 Å². The topological polar surface area (TPSA) is 96.0 Å². The number of carbonyl (C=O) groups is 2. The molecule has 4 rings (SSSR count). The number of hydrogen-bond donors (Lipinski definition) is 1. The van der Waals surface area contributed by atoms with Gasteiger partial charge in [0.15, 0.2) is 0 Å². The first kappa shape index (κ1) is 28.6. The summed E-state index contributed by atoms with van der Waals surface area (Å²) in [7, 11) is 0.0241. The molecule has 0 bridgehead atoms. The number of esters is 1. The monoisotopic (exact) mass is 555 g/mol. The lowest BCUT2D eigenvalue weighted by Gasteiger charge is -2.30. The summed E-state index contributed by atoms with van der Waals surface area (Å²) in [5.41, 5.74) is 1.69. The van der Waals surface area contributed by atoms with Crippen molar-refractivity contribution < 1.29 is 22.7 Å². The number of carbonyl (C=O) groups excluding carboxylic acids is 2. The molecular formula is C25H34ClN3O5S2. The average molecular weight is 556 g/mol. The number of amides is 1. The Bertz CT molecular complexity index is 1190. The summed E-state index contributed by atoms with van der Waals surface area (Å²) in [4.78, 5) is 29.1. The molecule has 1 aliphatic heterocycles. The summed E-state index contributed by atoms with van der Waals surface area (Å²) >= 11 is 1.39. The van der Waals surface area contributed by atoms with Gasteiger partial charge >= 0.3 is 5.97 Å². The zero-order valence-electron chi connectivity index (χ0n) is 20.9. The van der Waals surface area contributed by atoms with E-state index in [0.29, 0.717) is 29.1 Å². The standard InChI is InChI=1S/C25H33N3O5S2.ClH/c1-4-33-25(30)22-20-14-15-27(2)16-21(20)34-24(22)26-23(29)17-10-12-19(13-11-17)35(31,32)28(3)18-8-6-5-7-9-18;/h10-13,18H,4-9,14-16H2,1-3H3,(H,26,29);1H. The maximum atomic E-state index is 13.1. The molecule has 11 heteroatoms. The van der Waals surface area contributed by atoms with Crippen molar-refractivity contribution in [3.63, 3.8) is 0 Å². The molecule has 2 aromatic rings. The molecule has 0 saturated heterocycles. The van der Waals surface area contributed by atoms with Gasteiger partial charge < -0.3 is 15.0 Å². The van der Waals surface area contributed by atoms with E-state index >= 15 is 0 Å². The lowest BCUT2D eigenvalue weighted by atomic mass is 9.96. The number of thiophene rings is 1. The molecule has 1 fully saturated rings. The third-order valence-electron chi connectivity index (χ3n) is 6.84. The van der Waals surface area contributed by atoms with Crippen LogP contribution >= 0.6 is 23.7 Å². The summed E-state index contributed by atoms with van der Waals surface area (Å²) in [5, 5.41) is 3.35. The average Bonchev–Trinajstić information content (AvgIpc) is 3.21. The first-order valence-corrected chi connectivity index (χ1v) is 14.4. The van der Waals surface area contributed by atoms with Gasteiger partial charge in [0.1, 0.15) is 5.00 Å². The lowest BCUT2D eigenvalue weighted by Crippen LogP contribution is -2.38. The van der Waals surface area contributed by atoms with Crippen LogP contribution in [0.5, 0.6) is 0 Å². The Labute approximate surface area is 223 Å². The molecule has 8 nitrogen and oxygen atoms in total. The highest BCUT2D eigenvalue weighted by atomic mass is 35.5. The fraction of sp³-hybridized carbons (Fsp3) is 0.520. The summed E-state index contributed by atoms with van der Waals surface area (Å²) in [6, 6.07) is 6.00. The Kier molecular flexibility index (Phi) is 9.56. The lowest BCUT2D eigenvalue weighted by molar-refractivity contribution is 0.0526. The Morgan fingerprint density at radius 3 is 2.47 bits per heavy atom. The first-order valence-electron chi connectivity index (χ1n) is 12.1. The van der Waals surface area contributed by atoms with Crippen molar-refractivity contribution in [1.29, 1.82) is 0 Å². The molecule has 0 spiro atoms. The van der Waals surface area contributed by atoms with Gasteiger partial charge in [0.2, 0.25) is 10.0 Å². The van der Waals surface area contributed by atoms with E-state index < -0.39 is 21.9 Å². The predicted octanol–water partition coefficient (Wildman–Crippen LogP) is 4.54. The Morgan fingerprint density at radius 2 is 1.83 bits per heavy atom. The molecule has 1 saturated carbocycles. The van der Waals surface area contributed by atoms with Gasteiger partial charge in [-0.05, 0) is 63.1 Å². The second kappa shape index (κ2) is 12.0. The Hall–Kier alpha value is -1.98. The molecule has 2 aliphatic rings. The van der Waals surface area contributed by atoms with Gasteiger partial charge in [0.25, 0.3) is 5.91 Å². The minimum atomic E-state index is -3.63. The van der Waals surface area contributed by atoms with E-state index in [4.69, 9.17) is 4.74 Å². The van der Waals surface area contributed by atoms with Crippen molar-refractivity contribution in [2.24, 2.45) is 0 Å². The number of benzene rings is 1. The second-order valence-corrected chi connectivity index (χ2v) is 12.3. The molecule has 2 heterocycles. The number of rotatable bonds is 7. The van der Waals surface area contributed by atoms with Gasteiger partial charge in [0.05, 0.1) is 17.1 Å². The molecule has 198 valence electrons. The van der Waals surface area contributed by atoms with Crippen LogP contribution in [-0.2, 0) is 27.7 Å². The van der Waals surface area contributed by atoms with Crippen LogP contribution in [0.2, 0.25) is 0 Å².